The number of nitrogens with zero attached hydrogens (tertiary/aromatic N) is 1. The Bertz CT molecular complexity index is 1050. The molecule has 1 heterocycles. The minimum atomic E-state index is -3.84. The first-order chi connectivity index (χ1) is 14.7. The molecule has 0 spiro atoms. The van der Waals surface area contributed by atoms with Gasteiger partial charge in [0.2, 0.25) is 21.8 Å². The molecule has 0 radical (unpaired) electrons. The summed E-state index contributed by atoms with van der Waals surface area (Å²) < 4.78 is 28.4. The van der Waals surface area contributed by atoms with Crippen molar-refractivity contribution in [3.63, 3.8) is 0 Å². The molecule has 2 aromatic rings. The third kappa shape index (κ3) is 5.32. The van der Waals surface area contributed by atoms with E-state index in [1.165, 1.54) is 16.4 Å². The summed E-state index contributed by atoms with van der Waals surface area (Å²) in [6.45, 7) is 5.80. The standard InChI is InChI=1S/C23H29N3O4S/c1-4-22(27)25-18-9-11-19(12-10-18)31(29,30)26-14-13-17-7-5-6-8-20(17)21(26)15-23(28)24-16(2)3/h5-12,16,21H,4,13-15H2,1-3H3,(H,24,28)(H,25,27)/t21-/m1/s1. The van der Waals surface area contributed by atoms with Gasteiger partial charge in [-0.3, -0.25) is 9.59 Å². The van der Waals surface area contributed by atoms with Gasteiger partial charge >= 0.3 is 0 Å². The molecule has 0 bridgehead atoms. The van der Waals surface area contributed by atoms with Gasteiger partial charge in [-0.25, -0.2) is 8.42 Å². The molecule has 0 aliphatic carbocycles. The van der Waals surface area contributed by atoms with Crippen LogP contribution in [0.5, 0.6) is 0 Å². The number of rotatable bonds is 7. The molecule has 0 saturated carbocycles. The van der Waals surface area contributed by atoms with Crippen molar-refractivity contribution in [1.29, 1.82) is 0 Å². The number of benzene rings is 2. The minimum absolute atomic E-state index is 0.0257. The molecule has 2 amide bonds. The van der Waals surface area contributed by atoms with Gasteiger partial charge in [0.15, 0.2) is 0 Å². The van der Waals surface area contributed by atoms with E-state index in [1.807, 2.05) is 38.1 Å². The average molecular weight is 444 g/mol. The molecule has 1 aliphatic rings. The first kappa shape index (κ1) is 23.0. The van der Waals surface area contributed by atoms with Crippen molar-refractivity contribution in [2.24, 2.45) is 0 Å². The van der Waals surface area contributed by atoms with Gasteiger partial charge in [-0.15, -0.1) is 0 Å². The van der Waals surface area contributed by atoms with Crippen LogP contribution in [-0.2, 0) is 26.0 Å². The SMILES string of the molecule is CCC(=O)Nc1ccc(S(=O)(=O)N2CCc3ccccc3[C@H]2CC(=O)NC(C)C)cc1. The smallest absolute Gasteiger partial charge is 0.243 e. The van der Waals surface area contributed by atoms with Crippen LogP contribution in [0.4, 0.5) is 5.69 Å². The van der Waals surface area contributed by atoms with Crippen LogP contribution in [-0.4, -0.2) is 37.1 Å². The monoisotopic (exact) mass is 443 g/mol. The number of carbonyl (C=O) groups excluding carboxylic acids is 2. The lowest BCUT2D eigenvalue weighted by Gasteiger charge is -2.36. The fraction of sp³-hybridized carbons (Fsp3) is 0.391. The maximum atomic E-state index is 13.5. The van der Waals surface area contributed by atoms with Crippen LogP contribution in [0.15, 0.2) is 53.4 Å². The first-order valence-corrected chi connectivity index (χ1v) is 11.9. The van der Waals surface area contributed by atoms with E-state index in [0.29, 0.717) is 25.1 Å². The number of amides is 2. The van der Waals surface area contributed by atoms with Crippen LogP contribution in [0.25, 0.3) is 0 Å². The number of fused-ring (bicyclic) bond motifs is 1. The predicted molar refractivity (Wildman–Crippen MR) is 120 cm³/mol. The van der Waals surface area contributed by atoms with Crippen molar-refractivity contribution in [2.75, 3.05) is 11.9 Å². The topological polar surface area (TPSA) is 95.6 Å². The maximum Gasteiger partial charge on any atom is 0.243 e. The van der Waals surface area contributed by atoms with E-state index in [0.717, 1.165) is 11.1 Å². The highest BCUT2D eigenvalue weighted by atomic mass is 32.2. The Kier molecular flexibility index (Phi) is 7.12. The van der Waals surface area contributed by atoms with Crippen molar-refractivity contribution in [1.82, 2.24) is 9.62 Å². The van der Waals surface area contributed by atoms with Gasteiger partial charge in [-0.05, 0) is 55.7 Å². The van der Waals surface area contributed by atoms with Crippen molar-refractivity contribution in [2.45, 2.75) is 57.0 Å². The van der Waals surface area contributed by atoms with E-state index < -0.39 is 16.1 Å². The van der Waals surface area contributed by atoms with Gasteiger partial charge < -0.3 is 10.6 Å². The van der Waals surface area contributed by atoms with E-state index >= 15 is 0 Å². The van der Waals surface area contributed by atoms with E-state index in [1.54, 1.807) is 19.1 Å². The number of nitrogens with one attached hydrogen (secondary N) is 2. The molecule has 31 heavy (non-hydrogen) atoms. The Hall–Kier alpha value is -2.71. The minimum Gasteiger partial charge on any atom is -0.354 e. The van der Waals surface area contributed by atoms with Gasteiger partial charge in [0.1, 0.15) is 0 Å². The summed E-state index contributed by atoms with van der Waals surface area (Å²) in [6, 6.07) is 13.2. The molecule has 0 aromatic heterocycles. The third-order valence-corrected chi connectivity index (χ3v) is 7.18. The van der Waals surface area contributed by atoms with Crippen LogP contribution >= 0.6 is 0 Å². The fourth-order valence-electron chi connectivity index (χ4n) is 3.78. The average Bonchev–Trinajstić information content (AvgIpc) is 2.73. The normalized spacial score (nSPS) is 16.6. The highest BCUT2D eigenvalue weighted by Crippen LogP contribution is 2.36. The second kappa shape index (κ2) is 9.62. The molecular weight excluding hydrogens is 414 g/mol. The molecule has 1 atom stereocenters. The van der Waals surface area contributed by atoms with Crippen LogP contribution in [0.1, 0.15) is 50.8 Å². The zero-order valence-corrected chi connectivity index (χ0v) is 18.9. The molecule has 7 nitrogen and oxygen atoms in total. The van der Waals surface area contributed by atoms with E-state index in [-0.39, 0.29) is 29.2 Å². The van der Waals surface area contributed by atoms with Crippen LogP contribution in [0.2, 0.25) is 0 Å². The van der Waals surface area contributed by atoms with Crippen LogP contribution < -0.4 is 10.6 Å². The molecule has 8 heteroatoms. The van der Waals surface area contributed by atoms with Gasteiger partial charge in [-0.2, -0.15) is 4.31 Å². The Morgan fingerprint density at radius 3 is 2.39 bits per heavy atom. The Morgan fingerprint density at radius 2 is 1.74 bits per heavy atom. The number of anilines is 1. The zero-order valence-electron chi connectivity index (χ0n) is 18.1. The highest BCUT2D eigenvalue weighted by Gasteiger charge is 2.37. The van der Waals surface area contributed by atoms with Crippen molar-refractivity contribution >= 4 is 27.5 Å². The van der Waals surface area contributed by atoms with Gasteiger partial charge in [0, 0.05) is 31.1 Å². The fourth-order valence-corrected chi connectivity index (χ4v) is 5.39. The lowest BCUT2D eigenvalue weighted by atomic mass is 9.92. The summed E-state index contributed by atoms with van der Waals surface area (Å²) in [6.07, 6.45) is 0.981. The van der Waals surface area contributed by atoms with E-state index in [4.69, 9.17) is 0 Å². The van der Waals surface area contributed by atoms with E-state index in [2.05, 4.69) is 10.6 Å². The molecule has 1 aliphatic heterocycles. The summed E-state index contributed by atoms with van der Waals surface area (Å²) in [5.74, 6) is -0.325. The largest absolute Gasteiger partial charge is 0.354 e. The quantitative estimate of drug-likeness (QED) is 0.687. The van der Waals surface area contributed by atoms with Crippen molar-refractivity contribution < 1.29 is 18.0 Å². The molecule has 2 N–H and O–H groups in total. The number of hydrogen-bond acceptors (Lipinski definition) is 4. The Morgan fingerprint density at radius 1 is 1.06 bits per heavy atom. The third-order valence-electron chi connectivity index (χ3n) is 5.26. The Balaban J connectivity index is 1.92. The lowest BCUT2D eigenvalue weighted by molar-refractivity contribution is -0.122. The molecule has 3 rings (SSSR count). The number of sulfonamides is 1. The zero-order chi connectivity index (χ0) is 22.6. The molecule has 0 fully saturated rings. The van der Waals surface area contributed by atoms with Gasteiger partial charge in [0.05, 0.1) is 10.9 Å². The van der Waals surface area contributed by atoms with Crippen molar-refractivity contribution in [3.05, 3.63) is 59.7 Å². The maximum absolute atomic E-state index is 13.5. The molecule has 166 valence electrons. The van der Waals surface area contributed by atoms with Gasteiger partial charge in [-0.1, -0.05) is 31.2 Å². The summed E-state index contributed by atoms with van der Waals surface area (Å²) in [5.41, 5.74) is 2.47. The van der Waals surface area contributed by atoms with E-state index in [9.17, 15) is 18.0 Å². The summed E-state index contributed by atoms with van der Waals surface area (Å²) in [4.78, 5) is 24.3. The lowest BCUT2D eigenvalue weighted by Crippen LogP contribution is -2.43. The number of carbonyl (C=O) groups is 2. The second-order valence-corrected chi connectivity index (χ2v) is 9.82. The second-order valence-electron chi connectivity index (χ2n) is 7.93. The molecular formula is C23H29N3O4S. The summed E-state index contributed by atoms with van der Waals surface area (Å²) in [7, 11) is -3.84. The van der Waals surface area contributed by atoms with Crippen molar-refractivity contribution in [3.8, 4) is 0 Å². The Labute approximate surface area is 183 Å². The highest BCUT2D eigenvalue weighted by molar-refractivity contribution is 7.89. The number of hydrogen-bond donors (Lipinski definition) is 2. The molecule has 2 aromatic carbocycles. The predicted octanol–water partition coefficient (Wildman–Crippen LogP) is 3.24. The summed E-state index contributed by atoms with van der Waals surface area (Å²) in [5, 5.41) is 5.58. The first-order valence-electron chi connectivity index (χ1n) is 10.5. The molecule has 0 saturated heterocycles. The molecule has 0 unspecified atom stereocenters. The summed E-state index contributed by atoms with van der Waals surface area (Å²) >= 11 is 0. The van der Waals surface area contributed by atoms with Crippen LogP contribution in [0, 0.1) is 0 Å². The van der Waals surface area contributed by atoms with Crippen LogP contribution in [0.3, 0.4) is 0 Å². The van der Waals surface area contributed by atoms with Gasteiger partial charge in [0.25, 0.3) is 0 Å².